The van der Waals surface area contributed by atoms with Gasteiger partial charge in [0.15, 0.2) is 58.3 Å². The number of carbonyl (C=O) groups excluding carboxylic acids is 5. The van der Waals surface area contributed by atoms with E-state index in [1.54, 1.807) is 32.2 Å². The molecule has 20 atom stereocenters. The molecule has 0 aromatic carbocycles. The van der Waals surface area contributed by atoms with Crippen LogP contribution in [0.5, 0.6) is 12.0 Å². The first-order chi connectivity index (χ1) is 57.3. The summed E-state index contributed by atoms with van der Waals surface area (Å²) in [7, 11) is 4.31. The first-order valence-electron chi connectivity index (χ1n) is 35.9. The number of aliphatic hydroxyl groups excluding tert-OH is 7. The summed E-state index contributed by atoms with van der Waals surface area (Å²) in [6, 6.07) is 6.52. The van der Waals surface area contributed by atoms with Gasteiger partial charge in [0.1, 0.15) is 30.5 Å². The van der Waals surface area contributed by atoms with Crippen LogP contribution in [0.25, 0.3) is 0 Å². The Morgan fingerprint density at radius 1 is 0.516 bits per heavy atom. The maximum Gasteiger partial charge on any atom is 0.471 e. The Hall–Kier alpha value is -7.94. The van der Waals surface area contributed by atoms with Crippen molar-refractivity contribution in [2.75, 3.05) is 70.0 Å². The van der Waals surface area contributed by atoms with Crippen molar-refractivity contribution < 1.29 is 137 Å². The zero-order chi connectivity index (χ0) is 91.0. The summed E-state index contributed by atoms with van der Waals surface area (Å²) < 4.78 is 147. The van der Waals surface area contributed by atoms with Gasteiger partial charge in [-0.1, -0.05) is 57.0 Å². The number of thiol groups is 1. The molecule has 5 saturated heterocycles. The van der Waals surface area contributed by atoms with Gasteiger partial charge in [-0.25, -0.2) is 22.8 Å². The highest BCUT2D eigenvalue weighted by Crippen LogP contribution is 2.45. The Labute approximate surface area is 708 Å². The lowest BCUT2D eigenvalue weighted by Crippen LogP contribution is -2.38. The van der Waals surface area contributed by atoms with Crippen LogP contribution in [0.1, 0.15) is 78.6 Å². The second-order valence-corrected chi connectivity index (χ2v) is 36.3. The van der Waals surface area contributed by atoms with Crippen molar-refractivity contribution in [3.63, 3.8) is 0 Å². The zero-order valence-electron chi connectivity index (χ0n) is 64.8. The van der Waals surface area contributed by atoms with Crippen LogP contribution in [-0.4, -0.2) is 293 Å². The van der Waals surface area contributed by atoms with Crippen LogP contribution in [-0.2, 0) is 66.0 Å². The summed E-state index contributed by atoms with van der Waals surface area (Å²) in [6.07, 6.45) is -12.2. The van der Waals surface area contributed by atoms with Gasteiger partial charge in [0.05, 0.1) is 60.0 Å². The summed E-state index contributed by atoms with van der Waals surface area (Å²) in [5.41, 5.74) is -4.29. The second kappa shape index (κ2) is 47.4. The number of aromatic amines is 3. The number of hydrogen-bond acceptors (Lipinski definition) is 40. The minimum absolute atomic E-state index is 0.0900. The monoisotopic (exact) mass is 1880 g/mol. The summed E-state index contributed by atoms with van der Waals surface area (Å²) in [4.78, 5) is 156. The van der Waals surface area contributed by atoms with Gasteiger partial charge in [-0.3, -0.25) is 85.7 Å². The molecule has 122 heavy (non-hydrogen) atoms. The third kappa shape index (κ3) is 29.3. The Balaban J connectivity index is 0.000000225. The van der Waals surface area contributed by atoms with Crippen molar-refractivity contribution in [2.45, 2.75) is 180 Å². The van der Waals surface area contributed by atoms with E-state index in [9.17, 15) is 123 Å². The average molecular weight is 1880 g/mol. The normalized spacial score (nSPS) is 26.8. The van der Waals surface area contributed by atoms with E-state index in [0.717, 1.165) is 55.3 Å². The molecule has 5 aromatic rings. The Bertz CT molecular complexity index is 4940. The molecule has 12 heterocycles. The molecule has 2 amide bonds. The maximum absolute atomic E-state index is 12.1. The molecule has 0 radical (unpaired) electrons. The lowest BCUT2D eigenvalue weighted by Gasteiger charge is -2.20. The van der Waals surface area contributed by atoms with Gasteiger partial charge >= 0.3 is 71.2 Å². The average Bonchev–Trinajstić information content (AvgIpc) is 1.61. The highest BCUT2D eigenvalue weighted by Gasteiger charge is 2.54. The molecule has 0 spiro atoms. The molecule has 0 bridgehead atoms. The fourth-order valence-electron chi connectivity index (χ4n) is 11.5. The molecule has 7 aliphatic rings. The number of halogens is 6. The number of alkyl halides is 6. The van der Waals surface area contributed by atoms with Gasteiger partial charge in [-0.05, 0) is 30.7 Å². The molecule has 7 aliphatic heterocycles. The number of amides is 2. The minimum atomic E-state index is -4.96. The third-order valence-electron chi connectivity index (χ3n) is 17.0. The van der Waals surface area contributed by atoms with Gasteiger partial charge in [0.25, 0.3) is 27.8 Å². The molecule has 5 fully saturated rings. The number of ether oxygens (including phenoxy) is 9. The Morgan fingerprint density at radius 3 is 1.28 bits per heavy atom. The van der Waals surface area contributed by atoms with Crippen LogP contribution < -0.4 is 70.3 Å². The van der Waals surface area contributed by atoms with Crippen LogP contribution >= 0.6 is 66.6 Å². The largest absolute Gasteiger partial charge is 0.471 e. The first kappa shape index (κ1) is 103. The van der Waals surface area contributed by atoms with E-state index in [1.165, 1.54) is 89.8 Å². The van der Waals surface area contributed by atoms with Crippen molar-refractivity contribution >= 4 is 105 Å². The molecule has 44 nitrogen and oxygen atoms in total. The molecular formula is C65H87F6N13O31S7. The number of nitrogens with one attached hydrogen (secondary N) is 6. The topological polar surface area (TPSA) is 615 Å². The number of rotatable bonds is 23. The van der Waals surface area contributed by atoms with Crippen molar-refractivity contribution in [3.8, 4) is 12.0 Å². The van der Waals surface area contributed by atoms with E-state index in [0.29, 0.717) is 23.6 Å². The van der Waals surface area contributed by atoms with Gasteiger partial charge in [-0.15, -0.1) is 0 Å². The smallest absolute Gasteiger partial charge is 0.456 e. The van der Waals surface area contributed by atoms with E-state index in [-0.39, 0.29) is 78.8 Å². The highest BCUT2D eigenvalue weighted by atomic mass is 33.1. The van der Waals surface area contributed by atoms with E-state index >= 15 is 0 Å². The molecular weight excluding hydrogens is 1800 g/mol. The highest BCUT2D eigenvalue weighted by molar-refractivity contribution is 8.77. The van der Waals surface area contributed by atoms with Crippen LogP contribution in [0.15, 0.2) is 99.7 Å². The molecule has 682 valence electrons. The van der Waals surface area contributed by atoms with Crippen LogP contribution in [0.4, 0.5) is 26.3 Å². The molecule has 5 aromatic heterocycles. The lowest BCUT2D eigenvalue weighted by molar-refractivity contribution is -0.173. The number of carbonyl (C=O) groups is 5. The molecule has 0 saturated carbocycles. The summed E-state index contributed by atoms with van der Waals surface area (Å²) >= 11 is 4.14. The second-order valence-electron chi connectivity index (χ2n) is 25.8. The van der Waals surface area contributed by atoms with Gasteiger partial charge in [-0.2, -0.15) is 48.9 Å². The lowest BCUT2D eigenvalue weighted by atomic mass is 10.1. The Morgan fingerprint density at radius 2 is 0.885 bits per heavy atom. The van der Waals surface area contributed by atoms with Crippen LogP contribution in [0.2, 0.25) is 0 Å². The van der Waals surface area contributed by atoms with Crippen molar-refractivity contribution in [1.29, 1.82) is 0 Å². The predicted molar refractivity (Wildman–Crippen MR) is 423 cm³/mol. The summed E-state index contributed by atoms with van der Waals surface area (Å²) in [5.74, 6) is -4.75. The number of esters is 3. The number of aliphatic hydroxyl groups is 7. The number of nitrogens with zero attached hydrogens (tertiary/aromatic N) is 7. The first-order valence-corrected chi connectivity index (χ1v) is 44.6. The maximum atomic E-state index is 12.1. The van der Waals surface area contributed by atoms with Crippen LogP contribution in [0.3, 0.4) is 0 Å². The molecule has 13 N–H and O–H groups in total. The predicted octanol–water partition coefficient (Wildman–Crippen LogP) is -3.57. The number of hydrogen-bond donors (Lipinski definition) is 14. The SMILES string of the molecule is CC(=O)OC(C)=O.CC[C@H]1O[C@@H](n2ccc(=O)[nH]c2=O)[C@@H](SSCCNC)C1O.CC[C@H]1O[C@@H]2[C@H](Oc3nc(=O)ccn32)C1OC(C)=O.CS(=O)(=O)SCCNC(=O)C(F)(F)F.O=C(NCCSS[C@H]1C(O)[C@@H](CO)O[C@H]1n1ccc(=O)[nH]c1=O)C(F)(F)F.O=c1ccn([C@@H]2O[C@H](CO)C(O)[C@@H]2S)c(=O)[nH]1.O=c1ccn2c(n1)O[C@@H]1C(O)[C@@H](CO)O[C@H]12. The quantitative estimate of drug-likeness (QED) is 0.00751. The van der Waals surface area contributed by atoms with Gasteiger partial charge in [0.2, 0.25) is 0 Å². The fourth-order valence-corrected chi connectivity index (χ4v) is 18.9. The molecule has 57 heteroatoms. The number of H-pyrrole nitrogens is 3. The molecule has 12 rings (SSSR count). The summed E-state index contributed by atoms with van der Waals surface area (Å²) in [6.45, 7) is 6.71. The van der Waals surface area contributed by atoms with E-state index in [1.807, 2.05) is 25.9 Å². The molecule has 0 aliphatic carbocycles. The van der Waals surface area contributed by atoms with E-state index in [4.69, 9.17) is 48.1 Å². The minimum Gasteiger partial charge on any atom is -0.456 e. The standard InChI is InChI=1S/C13H16F3N3O6S2.C13H21N3O4S2.C12H14N2O5.C9H12N2O5S.C9H10N2O5.C5H8F3NO3S2.C4H6O3/c14-13(15,16)11(23)17-2-4-26-27-9-8(22)6(5-20)25-10(9)19-3-1-7(21)18-12(19)24;1-3-8-10(18)11(22-21-7-5-14-2)12(20-8)16-6-4-9(17)15-13(16)19;1-3-7-9(17-6(2)15)10-11(18-7)14-5-4-8(16)13-12(14)19-10;12-3-4-6(14)7(17)8(16-4)11-2-1-5(13)10-9(11)15;12-3-4-6(14)7-8(15-4)11-2-1-5(13)10-9(11)16-7;1-14(11,12)13-3-2-9-4(10)5(6,7)8;1-3(5)7-4(2)6/h1,3,6,8-10,20,22H,2,4-5H2,(H,17,23)(H,18,21,24);4,6,8,10-12,14,18H,3,5,7H2,1-2H3,(H,15,17,19);4-5,7,9-11H,3H2,1-2H3;1-2,4,6-8,12,14,17H,3H2,(H,10,13,15);1-2,4,6-8,12,14H,3H2;2-3H2,1H3,(H,9,10);1-2H3/t6-,8?,9+,10-;8-,10?,11+,12-;7-,9?,10-,11-;4-,6?,7+,8-;4-,6?,7-,8-;;/m11111../s1. The summed E-state index contributed by atoms with van der Waals surface area (Å²) in [5, 5.41) is 72.0. The van der Waals surface area contributed by atoms with Crippen molar-refractivity contribution in [1.82, 2.24) is 63.7 Å². The zero-order valence-corrected chi connectivity index (χ0v) is 70.6. The van der Waals surface area contributed by atoms with Crippen molar-refractivity contribution in [2.24, 2.45) is 0 Å². The van der Waals surface area contributed by atoms with Gasteiger partial charge in [0, 0.05) is 125 Å². The third-order valence-corrected chi connectivity index (χ3v) is 25.8. The Kier molecular flexibility index (Phi) is 40.0. The van der Waals surface area contributed by atoms with Crippen LogP contribution in [0, 0.1) is 0 Å². The van der Waals surface area contributed by atoms with E-state index in [2.05, 4.69) is 42.6 Å². The van der Waals surface area contributed by atoms with Gasteiger partial charge < -0.3 is 94.3 Å². The van der Waals surface area contributed by atoms with Crippen molar-refractivity contribution in [3.05, 3.63) is 145 Å². The molecule has 5 unspecified atom stereocenters. The number of fused-ring (bicyclic) bond motifs is 6. The fraction of sp³-hybridized carbons (Fsp3) is 0.615. The van der Waals surface area contributed by atoms with E-state index < -0.39 is 194 Å². The number of aromatic nitrogens is 10.